The molecule has 5 heteroatoms. The quantitative estimate of drug-likeness (QED) is 0.283. The van der Waals surface area contributed by atoms with Gasteiger partial charge in [0.1, 0.15) is 0 Å². The Morgan fingerprint density at radius 2 is 0.970 bits per heavy atom. The third-order valence-corrected chi connectivity index (χ3v) is 13.6. The van der Waals surface area contributed by atoms with Gasteiger partial charge in [-0.05, 0) is 0 Å². The first kappa shape index (κ1) is 22.3. The molecular formula is C28H28BN2PSe. The van der Waals surface area contributed by atoms with Crippen LogP contribution in [0.2, 0.25) is 0 Å². The number of anilines is 2. The molecule has 33 heavy (non-hydrogen) atoms. The molecule has 4 aromatic rings. The van der Waals surface area contributed by atoms with Crippen molar-refractivity contribution < 1.29 is 0 Å². The first-order chi connectivity index (χ1) is 16.2. The second kappa shape index (κ2) is 9.39. The van der Waals surface area contributed by atoms with E-state index in [0.29, 0.717) is 0 Å². The van der Waals surface area contributed by atoms with Crippen molar-refractivity contribution in [1.29, 1.82) is 0 Å². The SMILES string of the molecule is CCN1B(c2ccc(P(=[Se])(c3ccccc3)c3ccccc3)cc2)N(CC)c2ccccc21. The van der Waals surface area contributed by atoms with Crippen molar-refractivity contribution in [3.05, 3.63) is 109 Å². The maximum absolute atomic E-state index is 3.67. The molecule has 1 aliphatic heterocycles. The zero-order valence-corrected chi connectivity index (χ0v) is 21.7. The molecule has 0 atom stereocenters. The van der Waals surface area contributed by atoms with Gasteiger partial charge in [-0.15, -0.1) is 0 Å². The molecular weight excluding hydrogens is 485 g/mol. The summed E-state index contributed by atoms with van der Waals surface area (Å²) < 4.78 is 0. The van der Waals surface area contributed by atoms with Crippen LogP contribution in [0.3, 0.4) is 0 Å². The summed E-state index contributed by atoms with van der Waals surface area (Å²) >= 11 is 3.67. The number of fused-ring (bicyclic) bond motifs is 1. The number of nitrogens with zero attached hydrogens (tertiary/aromatic N) is 2. The Labute approximate surface area is 205 Å². The first-order valence-corrected chi connectivity index (χ1v) is 15.6. The van der Waals surface area contributed by atoms with Gasteiger partial charge in [0, 0.05) is 0 Å². The molecule has 0 bridgehead atoms. The van der Waals surface area contributed by atoms with Crippen molar-refractivity contribution in [2.45, 2.75) is 13.8 Å². The topological polar surface area (TPSA) is 6.48 Å². The molecule has 0 fully saturated rings. The van der Waals surface area contributed by atoms with E-state index in [1.54, 1.807) is 0 Å². The van der Waals surface area contributed by atoms with Crippen LogP contribution < -0.4 is 31.0 Å². The number of para-hydroxylation sites is 2. The number of hydrogen-bond acceptors (Lipinski definition) is 2. The molecule has 164 valence electrons. The van der Waals surface area contributed by atoms with Crippen molar-refractivity contribution in [3.8, 4) is 0 Å². The standard InChI is InChI=1S/C28H28BN2PSe/c1-3-30-27-17-11-12-18-28(27)31(4-2)29(30)23-19-21-26(22-20-23)32(33,24-13-7-5-8-14-24)25-15-9-6-10-16-25/h5-22H,3-4H2,1-2H3. The van der Waals surface area contributed by atoms with Crippen LogP contribution in [-0.4, -0.2) is 35.2 Å². The predicted molar refractivity (Wildman–Crippen MR) is 149 cm³/mol. The van der Waals surface area contributed by atoms with E-state index in [4.69, 9.17) is 0 Å². The van der Waals surface area contributed by atoms with E-state index in [1.807, 2.05) is 0 Å². The average Bonchev–Trinajstić information content (AvgIpc) is 3.23. The van der Waals surface area contributed by atoms with Crippen LogP contribution in [0, 0.1) is 0 Å². The van der Waals surface area contributed by atoms with Crippen LogP contribution in [0.5, 0.6) is 0 Å². The molecule has 0 aromatic heterocycles. The van der Waals surface area contributed by atoms with Crippen molar-refractivity contribution in [3.63, 3.8) is 0 Å². The fraction of sp³-hybridized carbons (Fsp3) is 0.143. The van der Waals surface area contributed by atoms with E-state index in [-0.39, 0.29) is 6.98 Å². The van der Waals surface area contributed by atoms with Gasteiger partial charge in [0.15, 0.2) is 0 Å². The molecule has 0 spiro atoms. The fourth-order valence-electron chi connectivity index (χ4n) is 5.01. The monoisotopic (exact) mass is 514 g/mol. The summed E-state index contributed by atoms with van der Waals surface area (Å²) in [4.78, 5) is 5.03. The molecule has 4 aromatic carbocycles. The van der Waals surface area contributed by atoms with E-state index < -0.39 is 5.51 Å². The van der Waals surface area contributed by atoms with Gasteiger partial charge in [-0.1, -0.05) is 0 Å². The Hall–Kier alpha value is -2.51. The first-order valence-electron chi connectivity index (χ1n) is 11.6. The molecule has 0 saturated carbocycles. The molecule has 0 radical (unpaired) electrons. The molecule has 2 nitrogen and oxygen atoms in total. The minimum absolute atomic E-state index is 0.230. The molecule has 0 saturated heterocycles. The summed E-state index contributed by atoms with van der Waals surface area (Å²) in [5.41, 5.74) is 2.16. The van der Waals surface area contributed by atoms with Crippen molar-refractivity contribution in [2.75, 3.05) is 22.7 Å². The zero-order valence-electron chi connectivity index (χ0n) is 19.1. The predicted octanol–water partition coefficient (Wildman–Crippen LogP) is 4.13. The molecule has 1 aliphatic rings. The number of rotatable bonds is 6. The Bertz CT molecular complexity index is 1200. The van der Waals surface area contributed by atoms with E-state index >= 15 is 0 Å². The Kier molecular flexibility index (Phi) is 6.35. The van der Waals surface area contributed by atoms with Crippen molar-refractivity contribution >= 4 is 60.3 Å². The summed E-state index contributed by atoms with van der Waals surface area (Å²) in [6, 6.07) is 40.0. The van der Waals surface area contributed by atoms with Crippen LogP contribution in [0.1, 0.15) is 13.8 Å². The van der Waals surface area contributed by atoms with Crippen LogP contribution in [0.15, 0.2) is 109 Å². The fourth-order valence-corrected chi connectivity index (χ4v) is 9.95. The van der Waals surface area contributed by atoms with Crippen LogP contribution in [-0.2, 0) is 0 Å². The Morgan fingerprint density at radius 1 is 0.576 bits per heavy atom. The van der Waals surface area contributed by atoms with E-state index in [0.717, 1.165) is 13.1 Å². The summed E-state index contributed by atoms with van der Waals surface area (Å²) in [6.07, 6.45) is 0. The normalized spacial score (nSPS) is 13.3. The third-order valence-electron chi connectivity index (χ3n) is 6.57. The maximum atomic E-state index is 3.67. The summed E-state index contributed by atoms with van der Waals surface area (Å²) in [7, 11) is 0. The molecule has 0 aliphatic carbocycles. The average molecular weight is 513 g/mol. The van der Waals surface area contributed by atoms with Crippen LogP contribution in [0.25, 0.3) is 0 Å². The number of benzene rings is 4. The van der Waals surface area contributed by atoms with Gasteiger partial charge in [-0.2, -0.15) is 0 Å². The molecule has 0 unspecified atom stereocenters. The summed E-state index contributed by atoms with van der Waals surface area (Å²) in [5, 5.41) is 4.09. The second-order valence-electron chi connectivity index (χ2n) is 8.31. The van der Waals surface area contributed by atoms with Crippen LogP contribution in [0.4, 0.5) is 11.4 Å². The number of hydrogen-bond donors (Lipinski definition) is 0. The van der Waals surface area contributed by atoms with E-state index in [1.165, 1.54) is 32.8 Å². The van der Waals surface area contributed by atoms with E-state index in [9.17, 15) is 0 Å². The summed E-state index contributed by atoms with van der Waals surface area (Å²) in [6.45, 7) is 6.69. The van der Waals surface area contributed by atoms with Crippen molar-refractivity contribution in [1.82, 2.24) is 0 Å². The van der Waals surface area contributed by atoms with Crippen molar-refractivity contribution in [2.24, 2.45) is 0 Å². The Morgan fingerprint density at radius 3 is 1.39 bits per heavy atom. The van der Waals surface area contributed by atoms with Gasteiger partial charge < -0.3 is 0 Å². The molecule has 0 amide bonds. The minimum atomic E-state index is -1.83. The molecule has 0 N–H and O–H groups in total. The zero-order chi connectivity index (χ0) is 22.8. The third kappa shape index (κ3) is 3.81. The summed E-state index contributed by atoms with van der Waals surface area (Å²) in [5.74, 6) is 0. The van der Waals surface area contributed by atoms with Gasteiger partial charge in [-0.3, -0.25) is 0 Å². The van der Waals surface area contributed by atoms with Gasteiger partial charge in [0.2, 0.25) is 0 Å². The van der Waals surface area contributed by atoms with Crippen LogP contribution >= 0.6 is 5.51 Å². The van der Waals surface area contributed by atoms with Gasteiger partial charge >= 0.3 is 206 Å². The Balaban J connectivity index is 1.58. The molecule has 5 rings (SSSR count). The van der Waals surface area contributed by atoms with Gasteiger partial charge in [0.05, 0.1) is 0 Å². The van der Waals surface area contributed by atoms with E-state index in [2.05, 4.69) is 148 Å². The molecule has 1 heterocycles. The van der Waals surface area contributed by atoms with Gasteiger partial charge in [-0.25, -0.2) is 0 Å². The second-order valence-corrected chi connectivity index (χ2v) is 14.5. The van der Waals surface area contributed by atoms with Gasteiger partial charge in [0.25, 0.3) is 0 Å².